The molecule has 0 aliphatic heterocycles. The summed E-state index contributed by atoms with van der Waals surface area (Å²) in [4.78, 5) is 38.2. The average molecular weight is 385 g/mol. The molecule has 0 aliphatic rings. The molecule has 144 valence electrons. The van der Waals surface area contributed by atoms with E-state index in [1.165, 1.54) is 4.90 Å². The predicted octanol–water partition coefficient (Wildman–Crippen LogP) is 4.33. The first-order valence-corrected chi connectivity index (χ1v) is 9.02. The molecule has 0 saturated carbocycles. The number of esters is 1. The molecule has 0 radical (unpaired) electrons. The Hall–Kier alpha value is -3.99. The highest BCUT2D eigenvalue weighted by Crippen LogP contribution is 2.25. The summed E-state index contributed by atoms with van der Waals surface area (Å²) in [6, 6.07) is 26.8. The number of nitrogens with zero attached hydrogens (tertiary/aromatic N) is 1. The Morgan fingerprint density at radius 1 is 0.690 bits per heavy atom. The molecule has 0 fully saturated rings. The number of hydrogen-bond donors (Lipinski definition) is 0. The zero-order chi connectivity index (χ0) is 20.5. The second kappa shape index (κ2) is 9.80. The smallest absolute Gasteiger partial charge is 0.331 e. The summed E-state index contributed by atoms with van der Waals surface area (Å²) in [6.45, 7) is -0.386. The van der Waals surface area contributed by atoms with E-state index in [9.17, 15) is 14.4 Å². The quantitative estimate of drug-likeness (QED) is 0.345. The molecule has 0 atom stereocenters. The van der Waals surface area contributed by atoms with E-state index < -0.39 is 11.9 Å². The summed E-state index contributed by atoms with van der Waals surface area (Å²) in [6.07, 6.45) is 2.16. The summed E-state index contributed by atoms with van der Waals surface area (Å²) in [5.74, 6) is -1.48. The minimum atomic E-state index is -0.760. The third-order valence-corrected chi connectivity index (χ3v) is 4.05. The van der Waals surface area contributed by atoms with Crippen molar-refractivity contribution in [1.29, 1.82) is 0 Å². The molecule has 3 aromatic carbocycles. The number of ether oxygens (including phenoxy) is 1. The van der Waals surface area contributed by atoms with E-state index in [0.717, 1.165) is 12.2 Å². The van der Waals surface area contributed by atoms with E-state index in [1.807, 2.05) is 36.4 Å². The zero-order valence-corrected chi connectivity index (χ0v) is 15.6. The first kappa shape index (κ1) is 19.8. The molecular weight excluding hydrogens is 366 g/mol. The van der Waals surface area contributed by atoms with E-state index in [0.29, 0.717) is 16.9 Å². The molecule has 3 aromatic rings. The van der Waals surface area contributed by atoms with Crippen LogP contribution in [-0.4, -0.2) is 24.3 Å². The van der Waals surface area contributed by atoms with Crippen LogP contribution in [0.5, 0.6) is 0 Å². The predicted molar refractivity (Wildman–Crippen MR) is 111 cm³/mol. The number of anilines is 2. The Balaban J connectivity index is 1.67. The highest BCUT2D eigenvalue weighted by atomic mass is 16.5. The summed E-state index contributed by atoms with van der Waals surface area (Å²) in [5, 5.41) is 0. The molecule has 0 spiro atoms. The van der Waals surface area contributed by atoms with Crippen LogP contribution in [0.4, 0.5) is 11.4 Å². The van der Waals surface area contributed by atoms with Gasteiger partial charge in [-0.1, -0.05) is 66.7 Å². The van der Waals surface area contributed by atoms with Crippen LogP contribution in [0.25, 0.3) is 0 Å². The van der Waals surface area contributed by atoms with Gasteiger partial charge in [0.25, 0.3) is 5.91 Å². The van der Waals surface area contributed by atoms with Gasteiger partial charge in [-0.25, -0.2) is 4.79 Å². The van der Waals surface area contributed by atoms with Crippen molar-refractivity contribution >= 4 is 29.0 Å². The van der Waals surface area contributed by atoms with Gasteiger partial charge in [0.05, 0.1) is 0 Å². The Morgan fingerprint density at radius 2 is 1.17 bits per heavy atom. The van der Waals surface area contributed by atoms with Crippen molar-refractivity contribution in [2.75, 3.05) is 11.5 Å². The number of Topliss-reactive ketones (excluding diaryl/α,β-unsaturated/α-hetero) is 1. The van der Waals surface area contributed by atoms with Crippen LogP contribution in [0.15, 0.2) is 103 Å². The summed E-state index contributed by atoms with van der Waals surface area (Å²) >= 11 is 0. The van der Waals surface area contributed by atoms with Gasteiger partial charge in [0.15, 0.2) is 12.4 Å². The van der Waals surface area contributed by atoms with Gasteiger partial charge in [-0.3, -0.25) is 14.5 Å². The normalized spacial score (nSPS) is 10.5. The number of para-hydroxylation sites is 2. The van der Waals surface area contributed by atoms with Crippen LogP contribution in [0.2, 0.25) is 0 Å². The molecule has 0 heterocycles. The second-order valence-corrected chi connectivity index (χ2v) is 6.07. The van der Waals surface area contributed by atoms with Crippen molar-refractivity contribution in [1.82, 2.24) is 0 Å². The minimum Gasteiger partial charge on any atom is -0.454 e. The van der Waals surface area contributed by atoms with Crippen molar-refractivity contribution in [2.24, 2.45) is 0 Å². The van der Waals surface area contributed by atoms with Crippen LogP contribution >= 0.6 is 0 Å². The first-order valence-electron chi connectivity index (χ1n) is 9.02. The monoisotopic (exact) mass is 385 g/mol. The van der Waals surface area contributed by atoms with Gasteiger partial charge in [0.1, 0.15) is 0 Å². The lowest BCUT2D eigenvalue weighted by atomic mass is 10.1. The van der Waals surface area contributed by atoms with Crippen molar-refractivity contribution in [3.8, 4) is 0 Å². The summed E-state index contributed by atoms with van der Waals surface area (Å²) in [5.41, 5.74) is 1.79. The Labute approximate surface area is 168 Å². The molecule has 0 aliphatic carbocycles. The average Bonchev–Trinajstić information content (AvgIpc) is 2.78. The van der Waals surface area contributed by atoms with Crippen LogP contribution < -0.4 is 4.90 Å². The zero-order valence-electron chi connectivity index (χ0n) is 15.6. The van der Waals surface area contributed by atoms with Crippen LogP contribution in [-0.2, 0) is 14.3 Å². The largest absolute Gasteiger partial charge is 0.454 e. The van der Waals surface area contributed by atoms with Gasteiger partial charge in [0, 0.05) is 29.1 Å². The fourth-order valence-electron chi connectivity index (χ4n) is 2.66. The highest BCUT2D eigenvalue weighted by molar-refractivity contribution is 6.09. The molecule has 29 heavy (non-hydrogen) atoms. The number of hydrogen-bond acceptors (Lipinski definition) is 4. The number of carbonyl (C=O) groups excluding carboxylic acids is 3. The van der Waals surface area contributed by atoms with Crippen LogP contribution in [0.3, 0.4) is 0 Å². The molecule has 0 saturated heterocycles. The fraction of sp³-hybridized carbons (Fsp3) is 0.0417. The van der Waals surface area contributed by atoms with E-state index in [1.54, 1.807) is 54.6 Å². The Morgan fingerprint density at radius 3 is 1.69 bits per heavy atom. The molecule has 0 aromatic heterocycles. The van der Waals surface area contributed by atoms with Crippen molar-refractivity contribution < 1.29 is 19.1 Å². The van der Waals surface area contributed by atoms with Crippen LogP contribution in [0, 0.1) is 0 Å². The molecule has 0 bridgehead atoms. The third kappa shape index (κ3) is 5.49. The van der Waals surface area contributed by atoms with Crippen molar-refractivity contribution in [3.05, 3.63) is 109 Å². The number of amides is 1. The highest BCUT2D eigenvalue weighted by Gasteiger charge is 2.16. The summed E-state index contributed by atoms with van der Waals surface area (Å²) < 4.78 is 4.95. The maximum Gasteiger partial charge on any atom is 0.331 e. The van der Waals surface area contributed by atoms with Crippen molar-refractivity contribution in [2.45, 2.75) is 0 Å². The van der Waals surface area contributed by atoms with Gasteiger partial charge >= 0.3 is 5.97 Å². The fourth-order valence-corrected chi connectivity index (χ4v) is 2.66. The van der Waals surface area contributed by atoms with E-state index >= 15 is 0 Å². The standard InChI is InChI=1S/C24H19NO4/c26-22(19-10-4-1-5-11-19)18-29-24(28)17-16-23(27)25(20-12-6-2-7-13-20)21-14-8-3-9-15-21/h1-17H,18H2/b17-16-. The first-order chi connectivity index (χ1) is 14.1. The van der Waals surface area contributed by atoms with Gasteiger partial charge in [-0.2, -0.15) is 0 Å². The molecule has 0 unspecified atom stereocenters. The number of carbonyl (C=O) groups is 3. The van der Waals surface area contributed by atoms with E-state index in [2.05, 4.69) is 0 Å². The lowest BCUT2D eigenvalue weighted by Crippen LogP contribution is -2.24. The van der Waals surface area contributed by atoms with Gasteiger partial charge in [-0.05, 0) is 24.3 Å². The van der Waals surface area contributed by atoms with Gasteiger partial charge in [0.2, 0.25) is 0 Å². The summed E-state index contributed by atoms with van der Waals surface area (Å²) in [7, 11) is 0. The molecule has 5 nitrogen and oxygen atoms in total. The number of ketones is 1. The second-order valence-electron chi connectivity index (χ2n) is 6.07. The molecule has 5 heteroatoms. The molecule has 3 rings (SSSR count). The van der Waals surface area contributed by atoms with E-state index in [4.69, 9.17) is 4.74 Å². The number of benzene rings is 3. The minimum absolute atomic E-state index is 0.311. The van der Waals surface area contributed by atoms with Gasteiger partial charge < -0.3 is 4.74 Å². The van der Waals surface area contributed by atoms with E-state index in [-0.39, 0.29) is 12.4 Å². The third-order valence-electron chi connectivity index (χ3n) is 4.05. The molecule has 1 amide bonds. The Bertz CT molecular complexity index is 959. The molecular formula is C24H19NO4. The topological polar surface area (TPSA) is 63.7 Å². The Kier molecular flexibility index (Phi) is 6.68. The number of rotatable bonds is 7. The molecule has 0 N–H and O–H groups in total. The van der Waals surface area contributed by atoms with Gasteiger partial charge in [-0.15, -0.1) is 0 Å². The van der Waals surface area contributed by atoms with Crippen molar-refractivity contribution in [3.63, 3.8) is 0 Å². The SMILES string of the molecule is O=C(/C=C\C(=O)N(c1ccccc1)c1ccccc1)OCC(=O)c1ccccc1. The maximum atomic E-state index is 12.8. The van der Waals surface area contributed by atoms with Crippen LogP contribution in [0.1, 0.15) is 10.4 Å². The lowest BCUT2D eigenvalue weighted by Gasteiger charge is -2.21. The lowest BCUT2D eigenvalue weighted by molar-refractivity contribution is -0.136. The maximum absolute atomic E-state index is 12.8.